The molecule has 1 aliphatic carbocycles. The maximum atomic E-state index is 6.47. The van der Waals surface area contributed by atoms with Crippen molar-refractivity contribution in [3.63, 3.8) is 0 Å². The first-order chi connectivity index (χ1) is 31.7. The van der Waals surface area contributed by atoms with Crippen LogP contribution in [0.5, 0.6) is 0 Å². The number of rotatable bonds is 4. The van der Waals surface area contributed by atoms with Crippen LogP contribution in [0.2, 0.25) is 0 Å². The normalized spacial score (nSPS) is 15.7. The molecule has 0 saturated heterocycles. The zero-order valence-corrected chi connectivity index (χ0v) is 39.8. The molecule has 0 fully saturated rings. The van der Waals surface area contributed by atoms with E-state index in [-0.39, 0.29) is 23.0 Å². The van der Waals surface area contributed by atoms with Gasteiger partial charge < -0.3 is 14.2 Å². The van der Waals surface area contributed by atoms with E-state index in [4.69, 9.17) is 4.42 Å². The Balaban J connectivity index is 1.16. The van der Waals surface area contributed by atoms with Crippen LogP contribution in [0.25, 0.3) is 44.2 Å². The lowest BCUT2D eigenvalue weighted by Gasteiger charge is -2.46. The van der Waals surface area contributed by atoms with Crippen LogP contribution < -0.4 is 26.2 Å². The Hall–Kier alpha value is -6.78. The number of fused-ring (bicyclic) bond motifs is 8. The van der Waals surface area contributed by atoms with E-state index in [9.17, 15) is 0 Å². The van der Waals surface area contributed by atoms with Crippen molar-refractivity contribution in [3.8, 4) is 22.3 Å². The molecule has 0 amide bonds. The molecule has 66 heavy (non-hydrogen) atoms. The first kappa shape index (κ1) is 40.7. The summed E-state index contributed by atoms with van der Waals surface area (Å²) >= 11 is 0. The number of para-hydroxylation sites is 2. The van der Waals surface area contributed by atoms with E-state index < -0.39 is 0 Å². The summed E-state index contributed by atoms with van der Waals surface area (Å²) in [7, 11) is 0. The summed E-state index contributed by atoms with van der Waals surface area (Å²) in [5.41, 5.74) is 24.9. The lowest BCUT2D eigenvalue weighted by atomic mass is 9.33. The lowest BCUT2D eigenvalue weighted by Crippen LogP contribution is -2.61. The summed E-state index contributed by atoms with van der Waals surface area (Å²) in [6, 6.07) is 59.6. The molecule has 3 heterocycles. The first-order valence-corrected chi connectivity index (χ1v) is 23.9. The number of nitrogens with zero attached hydrogens (tertiary/aromatic N) is 2. The Kier molecular flexibility index (Phi) is 8.86. The van der Waals surface area contributed by atoms with E-state index >= 15 is 0 Å². The maximum Gasteiger partial charge on any atom is 0.252 e. The van der Waals surface area contributed by atoms with Gasteiger partial charge in [0.1, 0.15) is 11.2 Å². The molecule has 0 N–H and O–H groups in total. The molecule has 9 aromatic rings. The summed E-state index contributed by atoms with van der Waals surface area (Å²) in [4.78, 5) is 5.23. The van der Waals surface area contributed by atoms with Crippen LogP contribution in [0.4, 0.5) is 34.1 Å². The second-order valence-corrected chi connectivity index (χ2v) is 21.7. The predicted molar refractivity (Wildman–Crippen MR) is 282 cm³/mol. The van der Waals surface area contributed by atoms with Gasteiger partial charge in [-0.05, 0) is 158 Å². The van der Waals surface area contributed by atoms with E-state index in [1.54, 1.807) is 0 Å². The monoisotopic (exact) mass is 856 g/mol. The Bertz CT molecular complexity index is 3460. The van der Waals surface area contributed by atoms with Gasteiger partial charge in [-0.3, -0.25) is 0 Å². The summed E-state index contributed by atoms with van der Waals surface area (Å²) in [6.07, 6.45) is 2.34. The van der Waals surface area contributed by atoms with Gasteiger partial charge in [-0.15, -0.1) is 0 Å². The van der Waals surface area contributed by atoms with E-state index in [1.165, 1.54) is 107 Å². The van der Waals surface area contributed by atoms with Gasteiger partial charge in [-0.2, -0.15) is 0 Å². The zero-order valence-electron chi connectivity index (χ0n) is 39.8. The molecular formula is C62H57BN2O. The molecule has 12 rings (SSSR count). The number of furan rings is 1. The summed E-state index contributed by atoms with van der Waals surface area (Å²) in [5, 5.41) is 2.30. The molecule has 1 aromatic heterocycles. The molecule has 0 radical (unpaired) electrons. The van der Waals surface area contributed by atoms with Crippen molar-refractivity contribution in [2.75, 3.05) is 9.80 Å². The molecule has 3 aliphatic rings. The van der Waals surface area contributed by atoms with Crippen molar-refractivity contribution in [2.45, 2.75) is 91.4 Å². The Morgan fingerprint density at radius 2 is 1.15 bits per heavy atom. The Morgan fingerprint density at radius 3 is 1.91 bits per heavy atom. The van der Waals surface area contributed by atoms with Gasteiger partial charge in [0, 0.05) is 44.8 Å². The molecular weight excluding hydrogens is 800 g/mol. The third kappa shape index (κ3) is 6.10. The molecule has 324 valence electrons. The summed E-state index contributed by atoms with van der Waals surface area (Å²) in [6.45, 7) is 21.4. The van der Waals surface area contributed by atoms with Gasteiger partial charge in [0.05, 0.1) is 5.69 Å². The molecule has 4 heteroatoms. The maximum absolute atomic E-state index is 6.47. The fraction of sp³-hybridized carbons (Fsp3) is 0.226. The Morgan fingerprint density at radius 1 is 0.500 bits per heavy atom. The van der Waals surface area contributed by atoms with E-state index in [0.717, 1.165) is 28.4 Å². The lowest BCUT2D eigenvalue weighted by molar-refractivity contribution is 0.332. The summed E-state index contributed by atoms with van der Waals surface area (Å²) in [5.74, 6) is 0. The molecule has 3 nitrogen and oxygen atoms in total. The van der Waals surface area contributed by atoms with Crippen LogP contribution in [0.3, 0.4) is 0 Å². The third-order valence-corrected chi connectivity index (χ3v) is 15.4. The van der Waals surface area contributed by atoms with Crippen molar-refractivity contribution >= 4 is 79.2 Å². The van der Waals surface area contributed by atoms with Crippen LogP contribution >= 0.6 is 0 Å². The van der Waals surface area contributed by atoms with Gasteiger partial charge in [0.25, 0.3) is 6.71 Å². The van der Waals surface area contributed by atoms with E-state index in [0.29, 0.717) is 0 Å². The van der Waals surface area contributed by atoms with Crippen molar-refractivity contribution in [2.24, 2.45) is 0 Å². The van der Waals surface area contributed by atoms with E-state index in [1.807, 2.05) is 0 Å². The average Bonchev–Trinajstić information content (AvgIpc) is 3.69. The second-order valence-electron chi connectivity index (χ2n) is 21.7. The van der Waals surface area contributed by atoms with Gasteiger partial charge in [0.15, 0.2) is 0 Å². The number of benzene rings is 8. The van der Waals surface area contributed by atoms with Gasteiger partial charge in [-0.25, -0.2) is 0 Å². The Labute approximate surface area is 390 Å². The zero-order chi connectivity index (χ0) is 45.4. The minimum absolute atomic E-state index is 0.00865. The third-order valence-electron chi connectivity index (χ3n) is 15.4. The van der Waals surface area contributed by atoms with E-state index in [2.05, 4.69) is 230 Å². The minimum Gasteiger partial charge on any atom is -0.456 e. The van der Waals surface area contributed by atoms with Crippen molar-refractivity contribution < 1.29 is 4.42 Å². The summed E-state index contributed by atoms with van der Waals surface area (Å²) < 4.78 is 6.47. The van der Waals surface area contributed by atoms with Gasteiger partial charge in [0.2, 0.25) is 0 Å². The largest absolute Gasteiger partial charge is 0.456 e. The van der Waals surface area contributed by atoms with Crippen molar-refractivity contribution in [3.05, 3.63) is 186 Å². The standard InChI is InChI=1S/C62H57BN2O/c1-38-32-54-59-55(33-38)65(52-37-47-46(34-39(52)2)61(6,7)30-31-62(47,8)9)53-35-41(43-21-17-25-57-58(43)44-20-13-16-24-56(44)66-57)26-28-49(53)63(59)48-22-14-15-23-51(48)64(54)50-29-27-42(60(3,4)5)36-45(50)40-18-11-10-12-19-40/h10-29,32-37H,30-31H2,1-9H3. The van der Waals surface area contributed by atoms with Crippen LogP contribution in [-0.2, 0) is 16.2 Å². The van der Waals surface area contributed by atoms with Crippen molar-refractivity contribution in [1.82, 2.24) is 0 Å². The number of anilines is 6. The van der Waals surface area contributed by atoms with Crippen LogP contribution in [0.1, 0.15) is 89.1 Å². The molecule has 0 saturated carbocycles. The number of aryl methyl sites for hydroxylation is 2. The highest BCUT2D eigenvalue weighted by Gasteiger charge is 2.45. The molecule has 8 aromatic carbocycles. The second kappa shape index (κ2) is 14.4. The SMILES string of the molecule is Cc1cc2c3c(c1)N(c1ccc(C(C)(C)C)cc1-c1ccccc1)c1ccccc1B3c1ccc(-c3cccc4oc5ccccc5c34)cc1N2c1cc2c(cc1C)C(C)(C)CCC2(C)C. The highest BCUT2D eigenvalue weighted by molar-refractivity contribution is 7.00. The topological polar surface area (TPSA) is 19.6 Å². The number of hydrogen-bond donors (Lipinski definition) is 0. The molecule has 0 atom stereocenters. The fourth-order valence-electron chi connectivity index (χ4n) is 11.8. The first-order valence-electron chi connectivity index (χ1n) is 23.9. The highest BCUT2D eigenvalue weighted by Crippen LogP contribution is 2.52. The fourth-order valence-corrected chi connectivity index (χ4v) is 11.8. The number of hydrogen-bond acceptors (Lipinski definition) is 3. The van der Waals surface area contributed by atoms with Crippen LogP contribution in [0.15, 0.2) is 162 Å². The van der Waals surface area contributed by atoms with Gasteiger partial charge in [-0.1, -0.05) is 152 Å². The molecule has 0 bridgehead atoms. The van der Waals surface area contributed by atoms with Crippen molar-refractivity contribution in [1.29, 1.82) is 0 Å². The van der Waals surface area contributed by atoms with Crippen LogP contribution in [0, 0.1) is 13.8 Å². The molecule has 0 spiro atoms. The minimum atomic E-state index is -0.00865. The molecule has 0 unspecified atom stereocenters. The predicted octanol–water partition coefficient (Wildman–Crippen LogP) is 15.3. The highest BCUT2D eigenvalue weighted by atomic mass is 16.3. The van der Waals surface area contributed by atoms with Crippen LogP contribution in [-0.4, -0.2) is 6.71 Å². The average molecular weight is 857 g/mol. The smallest absolute Gasteiger partial charge is 0.252 e. The molecule has 2 aliphatic heterocycles. The van der Waals surface area contributed by atoms with Gasteiger partial charge >= 0.3 is 0 Å². The quantitative estimate of drug-likeness (QED) is 0.164.